The molecule has 2 aliphatic rings. The third kappa shape index (κ3) is 14.6. The minimum absolute atomic E-state index is 0.0121. The zero-order valence-electron chi connectivity index (χ0n) is 24.5. The minimum atomic E-state index is -0.918. The Bertz CT molecular complexity index is 920. The quantitative estimate of drug-likeness (QED) is 0.214. The second-order valence-corrected chi connectivity index (χ2v) is 13.0. The van der Waals surface area contributed by atoms with E-state index in [0.717, 1.165) is 42.8 Å². The Labute approximate surface area is 234 Å². The normalized spacial score (nSPS) is 19.5. The van der Waals surface area contributed by atoms with Gasteiger partial charge in [0, 0.05) is 24.8 Å². The summed E-state index contributed by atoms with van der Waals surface area (Å²) in [4.78, 5) is 33.6. The Balaban J connectivity index is 0.000000296. The number of aldehydes is 1. The molecule has 214 valence electrons. The van der Waals surface area contributed by atoms with Gasteiger partial charge in [-0.25, -0.2) is 4.79 Å². The first-order chi connectivity index (χ1) is 17.8. The first-order valence-corrected chi connectivity index (χ1v) is 14.9. The lowest BCUT2D eigenvalue weighted by atomic mass is 9.84. The van der Waals surface area contributed by atoms with E-state index in [1.807, 2.05) is 34.6 Å². The van der Waals surface area contributed by atoms with Crippen molar-refractivity contribution >= 4 is 35.2 Å². The largest absolute Gasteiger partial charge is 0.477 e. The van der Waals surface area contributed by atoms with E-state index in [4.69, 9.17) is 9.84 Å². The van der Waals surface area contributed by atoms with Gasteiger partial charge in [0.1, 0.15) is 17.3 Å². The summed E-state index contributed by atoms with van der Waals surface area (Å²) >= 11 is 1.20. The summed E-state index contributed by atoms with van der Waals surface area (Å²) in [6.45, 7) is 12.4. The number of carboxylic acids is 1. The average molecular weight is 548 g/mol. The first kappa shape index (κ1) is 33.7. The van der Waals surface area contributed by atoms with E-state index in [2.05, 4.69) is 24.1 Å². The van der Waals surface area contributed by atoms with Crippen LogP contribution in [0.2, 0.25) is 0 Å². The predicted octanol–water partition coefficient (Wildman–Crippen LogP) is 7.81. The number of carboxylic acid groups (broad SMARTS) is 1. The Morgan fingerprint density at radius 2 is 1.74 bits per heavy atom. The summed E-state index contributed by atoms with van der Waals surface area (Å²) in [5.74, 6) is 6.82. The number of nitrogens with one attached hydrogen (secondary N) is 1. The molecule has 2 fully saturated rings. The number of hydrogen-bond acceptors (Lipinski definition) is 6. The van der Waals surface area contributed by atoms with Crippen LogP contribution in [0, 0.1) is 35.0 Å². The predicted molar refractivity (Wildman–Crippen MR) is 157 cm³/mol. The number of ether oxygens (including phenoxy) is 1. The highest BCUT2D eigenvalue weighted by atomic mass is 32.1. The number of esters is 1. The van der Waals surface area contributed by atoms with Crippen molar-refractivity contribution in [2.24, 2.45) is 23.2 Å². The summed E-state index contributed by atoms with van der Waals surface area (Å²) in [6, 6.07) is 1.77. The molecule has 1 aromatic rings. The number of carbonyl (C=O) groups excluding carboxylic acids is 2. The van der Waals surface area contributed by atoms with Crippen LogP contribution in [0.15, 0.2) is 6.07 Å². The van der Waals surface area contributed by atoms with Crippen molar-refractivity contribution in [1.29, 1.82) is 0 Å². The summed E-state index contributed by atoms with van der Waals surface area (Å²) in [7, 11) is 1.70. The van der Waals surface area contributed by atoms with E-state index in [0.29, 0.717) is 28.8 Å². The van der Waals surface area contributed by atoms with Gasteiger partial charge in [0.2, 0.25) is 0 Å². The molecule has 0 radical (unpaired) electrons. The van der Waals surface area contributed by atoms with Gasteiger partial charge in [-0.1, -0.05) is 51.9 Å². The lowest BCUT2D eigenvalue weighted by Gasteiger charge is -2.22. The SMILES string of the molecule is CC(C)CC(=O)OC1CCCCC1.CC1CCC(C=O)CC1.CNc1cc(C#CC(C)(C)C)sc1C(=O)O. The second kappa shape index (κ2) is 17.3. The Morgan fingerprint density at radius 1 is 1.13 bits per heavy atom. The molecule has 0 spiro atoms. The number of carbonyl (C=O) groups is 3. The lowest BCUT2D eigenvalue weighted by molar-refractivity contribution is -0.151. The standard InChI is InChI=1S/C12H15NO2S.C11H20O2.C8H14O/c1-12(2,3)6-5-8-7-9(13-4)10(16-8)11(14)15;1-9(2)8-11(12)13-10-6-4-3-5-7-10;1-7-2-4-8(6-9)5-3-7/h7,13H,1-4H3,(H,14,15);9-10H,3-8H2,1-2H3;6-8H,2-5H2,1H3. The zero-order chi connectivity index (χ0) is 28.7. The third-order valence-corrected chi connectivity index (χ3v) is 7.47. The summed E-state index contributed by atoms with van der Waals surface area (Å²) in [5, 5.41) is 11.8. The van der Waals surface area contributed by atoms with Crippen molar-refractivity contribution < 1.29 is 24.2 Å². The molecule has 0 atom stereocenters. The van der Waals surface area contributed by atoms with Crippen LogP contribution >= 0.6 is 11.3 Å². The van der Waals surface area contributed by atoms with Crippen molar-refractivity contribution in [3.63, 3.8) is 0 Å². The van der Waals surface area contributed by atoms with Gasteiger partial charge in [-0.2, -0.15) is 0 Å². The fourth-order valence-corrected chi connectivity index (χ4v) is 5.08. The van der Waals surface area contributed by atoms with E-state index >= 15 is 0 Å². The van der Waals surface area contributed by atoms with Crippen LogP contribution in [0.1, 0.15) is 120 Å². The minimum Gasteiger partial charge on any atom is -0.477 e. The second-order valence-electron chi connectivity index (χ2n) is 11.9. The first-order valence-electron chi connectivity index (χ1n) is 14.1. The average Bonchev–Trinajstić information content (AvgIpc) is 3.28. The number of thiophene rings is 1. The van der Waals surface area contributed by atoms with Gasteiger partial charge in [0.05, 0.1) is 10.6 Å². The van der Waals surface area contributed by atoms with Crippen LogP contribution in [0.25, 0.3) is 0 Å². The monoisotopic (exact) mass is 547 g/mol. The van der Waals surface area contributed by atoms with E-state index in [1.54, 1.807) is 13.1 Å². The van der Waals surface area contributed by atoms with Gasteiger partial charge in [-0.05, 0) is 77.2 Å². The van der Waals surface area contributed by atoms with Crippen molar-refractivity contribution in [3.05, 3.63) is 15.8 Å². The molecule has 0 aliphatic heterocycles. The van der Waals surface area contributed by atoms with E-state index in [1.165, 1.54) is 43.4 Å². The number of hydrogen-bond donors (Lipinski definition) is 2. The van der Waals surface area contributed by atoms with Crippen LogP contribution in [0.3, 0.4) is 0 Å². The molecule has 7 heteroatoms. The lowest BCUT2D eigenvalue weighted by Crippen LogP contribution is -2.21. The fraction of sp³-hybridized carbons (Fsp3) is 0.710. The third-order valence-electron chi connectivity index (χ3n) is 6.43. The van der Waals surface area contributed by atoms with Crippen molar-refractivity contribution in [3.8, 4) is 11.8 Å². The maximum Gasteiger partial charge on any atom is 0.348 e. The van der Waals surface area contributed by atoms with Crippen LogP contribution in [-0.2, 0) is 14.3 Å². The molecule has 3 rings (SSSR count). The smallest absolute Gasteiger partial charge is 0.348 e. The molecule has 6 nitrogen and oxygen atoms in total. The molecule has 0 saturated heterocycles. The molecule has 2 N–H and O–H groups in total. The molecule has 0 aromatic carbocycles. The molecule has 1 aromatic heterocycles. The van der Waals surface area contributed by atoms with Gasteiger partial charge < -0.3 is 20.0 Å². The number of anilines is 1. The molecule has 38 heavy (non-hydrogen) atoms. The highest BCUT2D eigenvalue weighted by Gasteiger charge is 2.18. The van der Waals surface area contributed by atoms with E-state index in [9.17, 15) is 14.4 Å². The van der Waals surface area contributed by atoms with E-state index in [-0.39, 0.29) is 17.5 Å². The van der Waals surface area contributed by atoms with Crippen LogP contribution in [0.4, 0.5) is 5.69 Å². The topological polar surface area (TPSA) is 92.7 Å². The van der Waals surface area contributed by atoms with Crippen LogP contribution < -0.4 is 5.32 Å². The Kier molecular flexibility index (Phi) is 15.3. The van der Waals surface area contributed by atoms with Gasteiger partial charge in [-0.15, -0.1) is 11.3 Å². The molecular formula is C31H49NO5S. The fourth-order valence-electron chi connectivity index (χ4n) is 4.22. The van der Waals surface area contributed by atoms with Crippen LogP contribution in [-0.4, -0.2) is 36.5 Å². The number of rotatable bonds is 6. The molecule has 2 saturated carbocycles. The Hall–Kier alpha value is -2.33. The van der Waals surface area contributed by atoms with Crippen molar-refractivity contribution in [2.75, 3.05) is 12.4 Å². The number of aromatic carboxylic acids is 1. The van der Waals surface area contributed by atoms with Crippen LogP contribution in [0.5, 0.6) is 0 Å². The maximum atomic E-state index is 11.3. The summed E-state index contributed by atoms with van der Waals surface area (Å²) in [5.41, 5.74) is 0.545. The Morgan fingerprint density at radius 3 is 2.18 bits per heavy atom. The summed E-state index contributed by atoms with van der Waals surface area (Å²) in [6.07, 6.45) is 12.6. The molecular weight excluding hydrogens is 498 g/mol. The highest BCUT2D eigenvalue weighted by Crippen LogP contribution is 2.27. The zero-order valence-corrected chi connectivity index (χ0v) is 25.3. The maximum absolute atomic E-state index is 11.3. The van der Waals surface area contributed by atoms with E-state index < -0.39 is 5.97 Å². The molecule has 0 bridgehead atoms. The molecule has 1 heterocycles. The highest BCUT2D eigenvalue weighted by molar-refractivity contribution is 7.15. The molecule has 0 amide bonds. The van der Waals surface area contributed by atoms with Crippen molar-refractivity contribution in [2.45, 2.75) is 112 Å². The van der Waals surface area contributed by atoms with Crippen molar-refractivity contribution in [1.82, 2.24) is 0 Å². The summed E-state index contributed by atoms with van der Waals surface area (Å²) < 4.78 is 5.36. The van der Waals surface area contributed by atoms with Gasteiger partial charge in [0.15, 0.2) is 0 Å². The van der Waals surface area contributed by atoms with Gasteiger partial charge >= 0.3 is 11.9 Å². The van der Waals surface area contributed by atoms with Gasteiger partial charge in [0.25, 0.3) is 0 Å². The molecule has 0 unspecified atom stereocenters. The van der Waals surface area contributed by atoms with Gasteiger partial charge in [-0.3, -0.25) is 4.79 Å². The molecule has 2 aliphatic carbocycles.